The van der Waals surface area contributed by atoms with Gasteiger partial charge in [0.1, 0.15) is 5.75 Å². The van der Waals surface area contributed by atoms with E-state index in [0.29, 0.717) is 12.1 Å². The summed E-state index contributed by atoms with van der Waals surface area (Å²) in [5.41, 5.74) is 1.29. The van der Waals surface area contributed by atoms with E-state index in [1.165, 1.54) is 37.7 Å². The van der Waals surface area contributed by atoms with E-state index < -0.39 is 0 Å². The molecule has 2 atom stereocenters. The lowest BCUT2D eigenvalue weighted by atomic mass is 10.0. The van der Waals surface area contributed by atoms with Crippen LogP contribution in [0.3, 0.4) is 0 Å². The van der Waals surface area contributed by atoms with E-state index in [1.54, 1.807) is 7.11 Å². The first kappa shape index (κ1) is 16.0. The highest BCUT2D eigenvalue weighted by atomic mass is 16.5. The Morgan fingerprint density at radius 3 is 2.63 bits per heavy atom. The zero-order valence-corrected chi connectivity index (χ0v) is 12.9. The summed E-state index contributed by atoms with van der Waals surface area (Å²) in [6.45, 7) is 6.76. The second-order valence-electron chi connectivity index (χ2n) is 5.42. The van der Waals surface area contributed by atoms with Gasteiger partial charge in [0.05, 0.1) is 7.11 Å². The standard InChI is InChI=1S/C17H29NO/c1-5-6-7-8-10-14(2)18-15(3)16-11-9-12-17(13-16)19-4/h9,11-15,18H,5-8,10H2,1-4H3/t14?,15-/m1/s1. The van der Waals surface area contributed by atoms with Gasteiger partial charge in [0.15, 0.2) is 0 Å². The fraction of sp³-hybridized carbons (Fsp3) is 0.647. The molecule has 0 aliphatic rings. The van der Waals surface area contributed by atoms with E-state index in [9.17, 15) is 0 Å². The number of nitrogens with one attached hydrogen (secondary N) is 1. The van der Waals surface area contributed by atoms with Crippen LogP contribution >= 0.6 is 0 Å². The first-order valence-electron chi connectivity index (χ1n) is 7.57. The van der Waals surface area contributed by atoms with Gasteiger partial charge in [-0.15, -0.1) is 0 Å². The molecule has 1 unspecified atom stereocenters. The molecule has 19 heavy (non-hydrogen) atoms. The average Bonchev–Trinajstić information content (AvgIpc) is 2.43. The van der Waals surface area contributed by atoms with E-state index in [4.69, 9.17) is 4.74 Å². The minimum Gasteiger partial charge on any atom is -0.497 e. The van der Waals surface area contributed by atoms with Gasteiger partial charge in [-0.05, 0) is 38.0 Å². The van der Waals surface area contributed by atoms with Crippen LogP contribution in [-0.2, 0) is 0 Å². The van der Waals surface area contributed by atoms with Crippen molar-refractivity contribution in [3.8, 4) is 5.75 Å². The molecule has 0 fully saturated rings. The maximum atomic E-state index is 5.27. The summed E-state index contributed by atoms with van der Waals surface area (Å²) < 4.78 is 5.27. The first-order valence-corrected chi connectivity index (χ1v) is 7.57. The van der Waals surface area contributed by atoms with Gasteiger partial charge in [0, 0.05) is 12.1 Å². The van der Waals surface area contributed by atoms with Crippen LogP contribution in [0.15, 0.2) is 24.3 Å². The van der Waals surface area contributed by atoms with Crippen LogP contribution in [-0.4, -0.2) is 13.2 Å². The molecular formula is C17H29NO. The third-order valence-corrected chi connectivity index (χ3v) is 3.62. The highest BCUT2D eigenvalue weighted by Gasteiger charge is 2.09. The molecule has 1 N–H and O–H groups in total. The number of hydrogen-bond acceptors (Lipinski definition) is 2. The fourth-order valence-electron chi connectivity index (χ4n) is 2.39. The Labute approximate surface area is 118 Å². The van der Waals surface area contributed by atoms with Crippen molar-refractivity contribution in [2.45, 2.75) is 65.0 Å². The maximum Gasteiger partial charge on any atom is 0.119 e. The summed E-state index contributed by atoms with van der Waals surface area (Å²) >= 11 is 0. The Hall–Kier alpha value is -1.02. The largest absolute Gasteiger partial charge is 0.497 e. The lowest BCUT2D eigenvalue weighted by Gasteiger charge is -2.20. The summed E-state index contributed by atoms with van der Waals surface area (Å²) in [5.74, 6) is 0.932. The number of methoxy groups -OCH3 is 1. The second kappa shape index (κ2) is 8.98. The smallest absolute Gasteiger partial charge is 0.119 e. The van der Waals surface area contributed by atoms with Gasteiger partial charge in [-0.25, -0.2) is 0 Å². The van der Waals surface area contributed by atoms with Gasteiger partial charge < -0.3 is 10.1 Å². The Balaban J connectivity index is 2.38. The highest BCUT2D eigenvalue weighted by Crippen LogP contribution is 2.19. The van der Waals surface area contributed by atoms with Crippen molar-refractivity contribution in [3.05, 3.63) is 29.8 Å². The molecule has 0 amide bonds. The van der Waals surface area contributed by atoms with Crippen molar-refractivity contribution in [2.24, 2.45) is 0 Å². The summed E-state index contributed by atoms with van der Waals surface area (Å²) in [7, 11) is 1.72. The molecule has 2 heteroatoms. The van der Waals surface area contributed by atoms with E-state index >= 15 is 0 Å². The van der Waals surface area contributed by atoms with Crippen molar-refractivity contribution < 1.29 is 4.74 Å². The zero-order chi connectivity index (χ0) is 14.1. The molecule has 0 heterocycles. The van der Waals surface area contributed by atoms with Gasteiger partial charge in [0.2, 0.25) is 0 Å². The van der Waals surface area contributed by atoms with Crippen LogP contribution in [0, 0.1) is 0 Å². The number of ether oxygens (including phenoxy) is 1. The summed E-state index contributed by atoms with van der Waals surface area (Å²) in [4.78, 5) is 0. The Morgan fingerprint density at radius 1 is 1.16 bits per heavy atom. The van der Waals surface area contributed by atoms with E-state index in [2.05, 4.69) is 44.3 Å². The normalized spacial score (nSPS) is 14.1. The predicted octanol–water partition coefficient (Wildman–Crippen LogP) is 4.70. The fourth-order valence-corrected chi connectivity index (χ4v) is 2.39. The molecule has 0 radical (unpaired) electrons. The van der Waals surface area contributed by atoms with Crippen LogP contribution in [0.25, 0.3) is 0 Å². The number of rotatable bonds is 9. The first-order chi connectivity index (χ1) is 9.17. The maximum absolute atomic E-state index is 5.27. The molecule has 0 bridgehead atoms. The molecule has 1 aromatic rings. The minimum atomic E-state index is 0.372. The van der Waals surface area contributed by atoms with Gasteiger partial charge in [-0.1, -0.05) is 44.7 Å². The quantitative estimate of drug-likeness (QED) is 0.652. The van der Waals surface area contributed by atoms with Crippen LogP contribution in [0.1, 0.15) is 64.5 Å². The molecule has 1 aromatic carbocycles. The second-order valence-corrected chi connectivity index (χ2v) is 5.42. The Bertz CT molecular complexity index is 351. The van der Waals surface area contributed by atoms with Crippen molar-refractivity contribution in [2.75, 3.05) is 7.11 Å². The zero-order valence-electron chi connectivity index (χ0n) is 12.9. The molecule has 0 aliphatic carbocycles. The minimum absolute atomic E-state index is 0.372. The van der Waals surface area contributed by atoms with Crippen LogP contribution in [0.2, 0.25) is 0 Å². The van der Waals surface area contributed by atoms with Crippen molar-refractivity contribution >= 4 is 0 Å². The van der Waals surface area contributed by atoms with Crippen molar-refractivity contribution in [3.63, 3.8) is 0 Å². The predicted molar refractivity (Wildman–Crippen MR) is 82.8 cm³/mol. The average molecular weight is 263 g/mol. The van der Waals surface area contributed by atoms with Gasteiger partial charge in [-0.3, -0.25) is 0 Å². The van der Waals surface area contributed by atoms with Crippen LogP contribution < -0.4 is 10.1 Å². The lowest BCUT2D eigenvalue weighted by Crippen LogP contribution is -2.28. The SMILES string of the molecule is CCCCCCC(C)N[C@H](C)c1cccc(OC)c1. The van der Waals surface area contributed by atoms with Gasteiger partial charge >= 0.3 is 0 Å². The highest BCUT2D eigenvalue weighted by molar-refractivity contribution is 5.30. The topological polar surface area (TPSA) is 21.3 Å². The number of unbranched alkanes of at least 4 members (excludes halogenated alkanes) is 3. The molecule has 0 aliphatic heterocycles. The third kappa shape index (κ3) is 6.11. The molecule has 0 saturated heterocycles. The van der Waals surface area contributed by atoms with Crippen LogP contribution in [0.5, 0.6) is 5.75 Å². The molecule has 0 spiro atoms. The van der Waals surface area contributed by atoms with E-state index in [0.717, 1.165) is 5.75 Å². The molecule has 0 aromatic heterocycles. The third-order valence-electron chi connectivity index (χ3n) is 3.62. The lowest BCUT2D eigenvalue weighted by molar-refractivity contribution is 0.410. The van der Waals surface area contributed by atoms with Gasteiger partial charge in [0.25, 0.3) is 0 Å². The van der Waals surface area contributed by atoms with E-state index in [-0.39, 0.29) is 0 Å². The number of hydrogen-bond donors (Lipinski definition) is 1. The molecule has 108 valence electrons. The molecule has 2 nitrogen and oxygen atoms in total. The molecule has 0 saturated carbocycles. The monoisotopic (exact) mass is 263 g/mol. The van der Waals surface area contributed by atoms with Gasteiger partial charge in [-0.2, -0.15) is 0 Å². The Morgan fingerprint density at radius 2 is 1.95 bits per heavy atom. The summed E-state index contributed by atoms with van der Waals surface area (Å²) in [5, 5.41) is 3.67. The van der Waals surface area contributed by atoms with Crippen LogP contribution in [0.4, 0.5) is 0 Å². The van der Waals surface area contributed by atoms with Crippen molar-refractivity contribution in [1.29, 1.82) is 0 Å². The van der Waals surface area contributed by atoms with E-state index in [1.807, 2.05) is 6.07 Å². The summed E-state index contributed by atoms with van der Waals surface area (Å²) in [6, 6.07) is 9.25. The van der Waals surface area contributed by atoms with Crippen molar-refractivity contribution in [1.82, 2.24) is 5.32 Å². The Kier molecular flexibility index (Phi) is 7.57. The molecule has 1 rings (SSSR count). The number of benzene rings is 1. The molecular weight excluding hydrogens is 234 g/mol. The summed E-state index contributed by atoms with van der Waals surface area (Å²) in [6.07, 6.45) is 6.61.